The average molecular weight is 483 g/mol. The highest BCUT2D eigenvalue weighted by atomic mass is 35.5. The molecule has 4 rings (SSSR count). The number of fused-ring (bicyclic) bond motifs is 1. The van der Waals surface area contributed by atoms with Crippen molar-refractivity contribution in [1.82, 2.24) is 4.98 Å². The largest absolute Gasteiger partial charge is 0.493 e. The number of hydrogen-bond donors (Lipinski definition) is 2. The Morgan fingerprint density at radius 2 is 1.76 bits per heavy atom. The quantitative estimate of drug-likeness (QED) is 0.361. The number of azo groups is 1. The molecule has 0 spiro atoms. The average Bonchev–Trinajstić information content (AvgIpc) is 3.12. The van der Waals surface area contributed by atoms with Gasteiger partial charge in [-0.05, 0) is 48.9 Å². The van der Waals surface area contributed by atoms with Crippen molar-refractivity contribution in [3.8, 4) is 5.88 Å². The van der Waals surface area contributed by atoms with Gasteiger partial charge in [-0.2, -0.15) is 0 Å². The van der Waals surface area contributed by atoms with Crippen LogP contribution in [-0.4, -0.2) is 31.0 Å². The smallest absolute Gasteiger partial charge is 0.285 e. The van der Waals surface area contributed by atoms with Crippen molar-refractivity contribution in [1.29, 1.82) is 0 Å². The van der Waals surface area contributed by atoms with Gasteiger partial charge in [0.05, 0.1) is 16.1 Å². The van der Waals surface area contributed by atoms with Crippen LogP contribution in [0.4, 0.5) is 11.4 Å². The van der Waals surface area contributed by atoms with E-state index in [1.165, 1.54) is 18.2 Å². The van der Waals surface area contributed by atoms with E-state index in [9.17, 15) is 18.3 Å². The van der Waals surface area contributed by atoms with Crippen molar-refractivity contribution in [3.05, 3.63) is 83.4 Å². The molecule has 0 radical (unpaired) electrons. The number of sulfonamides is 1. The lowest BCUT2D eigenvalue weighted by molar-refractivity contribution is -0.116. The van der Waals surface area contributed by atoms with E-state index >= 15 is 0 Å². The molecular formula is C23H19ClN4O4S. The van der Waals surface area contributed by atoms with Crippen LogP contribution in [0, 0.1) is 6.92 Å². The topological polar surface area (TPSA) is 115 Å². The van der Waals surface area contributed by atoms with Crippen LogP contribution in [0.15, 0.2) is 87.9 Å². The molecule has 1 aromatic heterocycles. The van der Waals surface area contributed by atoms with E-state index in [1.54, 1.807) is 61.5 Å². The van der Waals surface area contributed by atoms with Gasteiger partial charge < -0.3 is 10.1 Å². The van der Waals surface area contributed by atoms with Crippen LogP contribution in [0.3, 0.4) is 0 Å². The molecule has 1 amide bonds. The number of nitrogens with one attached hydrogen (secondary N) is 1. The van der Waals surface area contributed by atoms with Gasteiger partial charge >= 0.3 is 0 Å². The van der Waals surface area contributed by atoms with E-state index in [4.69, 9.17) is 11.6 Å². The zero-order valence-electron chi connectivity index (χ0n) is 17.4. The number of anilines is 1. The molecule has 0 saturated heterocycles. The van der Waals surface area contributed by atoms with Crippen molar-refractivity contribution in [2.24, 2.45) is 10.2 Å². The number of nitrogens with zero attached hydrogens (tertiary/aromatic N) is 3. The van der Waals surface area contributed by atoms with E-state index in [0.29, 0.717) is 27.2 Å². The number of aromatic hydroxyl groups is 1. The molecule has 0 aliphatic heterocycles. The van der Waals surface area contributed by atoms with Gasteiger partial charge in [-0.3, -0.25) is 9.10 Å². The lowest BCUT2D eigenvalue weighted by Gasteiger charge is -2.24. The molecule has 0 atom stereocenters. The van der Waals surface area contributed by atoms with Crippen LogP contribution in [0.2, 0.25) is 5.02 Å². The number of amides is 1. The van der Waals surface area contributed by atoms with Gasteiger partial charge in [0.25, 0.3) is 15.9 Å². The molecular weight excluding hydrogens is 464 g/mol. The standard InChI is InChI=1S/C23H19ClN4O4S/c1-15-13-16(24)11-12-20(15)28(33(31,32)17-7-3-2-4-8-17)14-21(29)26-27-22-18-9-5-6-10-19(18)25-23(22)30/h2-13,25,30H,14H2,1H3. The third kappa shape index (κ3) is 4.59. The van der Waals surface area contributed by atoms with Crippen LogP contribution in [0.5, 0.6) is 5.88 Å². The summed E-state index contributed by atoms with van der Waals surface area (Å²) in [4.78, 5) is 15.5. The Labute approximate surface area is 195 Å². The van der Waals surface area contributed by atoms with Crippen LogP contribution >= 0.6 is 11.6 Å². The summed E-state index contributed by atoms with van der Waals surface area (Å²) in [6, 6.07) is 19.5. The zero-order chi connectivity index (χ0) is 23.6. The van der Waals surface area contributed by atoms with Gasteiger partial charge in [-0.15, -0.1) is 10.2 Å². The number of aromatic nitrogens is 1. The van der Waals surface area contributed by atoms with Crippen molar-refractivity contribution >= 4 is 49.8 Å². The summed E-state index contributed by atoms with van der Waals surface area (Å²) < 4.78 is 27.8. The Morgan fingerprint density at radius 3 is 2.48 bits per heavy atom. The predicted octanol–water partition coefficient (Wildman–Crippen LogP) is 5.34. The van der Waals surface area contributed by atoms with E-state index in [1.807, 2.05) is 0 Å². The fourth-order valence-electron chi connectivity index (χ4n) is 3.39. The first-order valence-corrected chi connectivity index (χ1v) is 11.7. The number of benzene rings is 3. The fourth-order valence-corrected chi connectivity index (χ4v) is 5.12. The van der Waals surface area contributed by atoms with E-state index in [0.717, 1.165) is 4.31 Å². The number of aryl methyl sites for hydroxylation is 1. The number of rotatable bonds is 6. The number of carbonyl (C=O) groups is 1. The molecule has 33 heavy (non-hydrogen) atoms. The molecule has 3 aromatic carbocycles. The molecule has 0 bridgehead atoms. The van der Waals surface area contributed by atoms with Crippen molar-refractivity contribution in [3.63, 3.8) is 0 Å². The Kier molecular flexibility index (Phi) is 6.17. The molecule has 168 valence electrons. The molecule has 0 aliphatic rings. The number of H-pyrrole nitrogens is 1. The number of aromatic amines is 1. The molecule has 0 saturated carbocycles. The van der Waals surface area contributed by atoms with Crippen LogP contribution in [-0.2, 0) is 14.8 Å². The number of halogens is 1. The van der Waals surface area contributed by atoms with E-state index in [-0.39, 0.29) is 16.5 Å². The normalized spacial score (nSPS) is 11.8. The minimum atomic E-state index is -4.09. The highest BCUT2D eigenvalue weighted by Crippen LogP contribution is 2.35. The van der Waals surface area contributed by atoms with Crippen molar-refractivity contribution in [2.45, 2.75) is 11.8 Å². The molecule has 4 aromatic rings. The third-order valence-electron chi connectivity index (χ3n) is 4.96. The summed E-state index contributed by atoms with van der Waals surface area (Å²) in [5.74, 6) is -1.05. The maximum Gasteiger partial charge on any atom is 0.285 e. The SMILES string of the molecule is Cc1cc(Cl)ccc1N(CC(=O)N=Nc1c(O)[nH]c2ccccc12)S(=O)(=O)c1ccccc1. The maximum absolute atomic E-state index is 13.4. The molecule has 1 heterocycles. The second-order valence-electron chi connectivity index (χ2n) is 7.22. The first-order chi connectivity index (χ1) is 15.8. The molecule has 8 nitrogen and oxygen atoms in total. The van der Waals surface area contributed by atoms with Crippen molar-refractivity contribution in [2.75, 3.05) is 10.8 Å². The summed E-state index contributed by atoms with van der Waals surface area (Å²) in [5, 5.41) is 18.7. The lowest BCUT2D eigenvalue weighted by Crippen LogP contribution is -2.35. The van der Waals surface area contributed by atoms with Gasteiger partial charge in [-0.25, -0.2) is 8.42 Å². The highest BCUT2D eigenvalue weighted by molar-refractivity contribution is 7.92. The summed E-state index contributed by atoms with van der Waals surface area (Å²) in [7, 11) is -4.09. The summed E-state index contributed by atoms with van der Waals surface area (Å²) in [6.07, 6.45) is 0. The van der Waals surface area contributed by atoms with Crippen LogP contribution < -0.4 is 4.31 Å². The van der Waals surface area contributed by atoms with Gasteiger partial charge in [0.15, 0.2) is 5.69 Å². The van der Waals surface area contributed by atoms with Gasteiger partial charge in [-0.1, -0.05) is 48.0 Å². The van der Waals surface area contributed by atoms with Crippen LogP contribution in [0.25, 0.3) is 10.9 Å². The van der Waals surface area contributed by atoms with Crippen molar-refractivity contribution < 1.29 is 18.3 Å². The Morgan fingerprint density at radius 1 is 1.06 bits per heavy atom. The lowest BCUT2D eigenvalue weighted by atomic mass is 10.2. The summed E-state index contributed by atoms with van der Waals surface area (Å²) in [6.45, 7) is 1.11. The molecule has 0 unspecified atom stereocenters. The third-order valence-corrected chi connectivity index (χ3v) is 6.97. The number of carbonyl (C=O) groups excluding carboxylic acids is 1. The Balaban J connectivity index is 1.70. The fraction of sp³-hybridized carbons (Fsp3) is 0.0870. The minimum absolute atomic E-state index is 0.0263. The maximum atomic E-state index is 13.4. The zero-order valence-corrected chi connectivity index (χ0v) is 19.0. The number of hydrogen-bond acceptors (Lipinski definition) is 5. The predicted molar refractivity (Wildman–Crippen MR) is 127 cm³/mol. The first-order valence-electron chi connectivity index (χ1n) is 9.85. The van der Waals surface area contributed by atoms with E-state index in [2.05, 4.69) is 15.2 Å². The molecule has 10 heteroatoms. The molecule has 2 N–H and O–H groups in total. The summed E-state index contributed by atoms with van der Waals surface area (Å²) >= 11 is 6.03. The monoisotopic (exact) mass is 482 g/mol. The van der Waals surface area contributed by atoms with Gasteiger partial charge in [0.2, 0.25) is 5.88 Å². The summed E-state index contributed by atoms with van der Waals surface area (Å²) in [5.41, 5.74) is 1.59. The van der Waals surface area contributed by atoms with Gasteiger partial charge in [0, 0.05) is 10.4 Å². The Bertz CT molecular complexity index is 1470. The molecule has 0 fully saturated rings. The number of para-hydroxylation sites is 1. The first kappa shape index (κ1) is 22.5. The Hall–Kier alpha value is -3.69. The highest BCUT2D eigenvalue weighted by Gasteiger charge is 2.28. The second-order valence-corrected chi connectivity index (χ2v) is 9.52. The van der Waals surface area contributed by atoms with Crippen LogP contribution in [0.1, 0.15) is 5.56 Å². The minimum Gasteiger partial charge on any atom is -0.493 e. The molecule has 0 aliphatic carbocycles. The second kappa shape index (κ2) is 9.05. The van der Waals surface area contributed by atoms with E-state index < -0.39 is 22.5 Å². The van der Waals surface area contributed by atoms with Gasteiger partial charge in [0.1, 0.15) is 6.54 Å².